The van der Waals surface area contributed by atoms with Crippen molar-refractivity contribution in [1.29, 1.82) is 0 Å². The standard InChI is InChI=1S/C18H24N2O4/c1-6-13-9-7-8-10-14(13)22-11-15(21)23-12(2)16-19-17(20-24-16)18(3,4)5/h7-10,12H,6,11H2,1-5H3. The monoisotopic (exact) mass is 332 g/mol. The maximum absolute atomic E-state index is 12.0. The highest BCUT2D eigenvalue weighted by atomic mass is 16.6. The van der Waals surface area contributed by atoms with Crippen molar-refractivity contribution in [2.75, 3.05) is 6.61 Å². The van der Waals surface area contributed by atoms with Crippen molar-refractivity contribution >= 4 is 5.97 Å². The molecule has 2 aromatic rings. The van der Waals surface area contributed by atoms with E-state index in [-0.39, 0.29) is 17.9 Å². The Morgan fingerprint density at radius 3 is 2.62 bits per heavy atom. The molecule has 6 heteroatoms. The summed E-state index contributed by atoms with van der Waals surface area (Å²) in [5, 5.41) is 3.92. The molecule has 6 nitrogen and oxygen atoms in total. The van der Waals surface area contributed by atoms with Crippen molar-refractivity contribution in [2.24, 2.45) is 0 Å². The first kappa shape index (κ1) is 18.0. The second-order valence-electron chi connectivity index (χ2n) is 6.59. The van der Waals surface area contributed by atoms with Crippen LogP contribution in [0.15, 0.2) is 28.8 Å². The van der Waals surface area contributed by atoms with E-state index in [0.29, 0.717) is 11.6 Å². The quantitative estimate of drug-likeness (QED) is 0.752. The highest BCUT2D eigenvalue weighted by Gasteiger charge is 2.24. The number of aromatic nitrogens is 2. The Bertz CT molecular complexity index is 688. The number of aryl methyl sites for hydroxylation is 1. The third kappa shape index (κ3) is 4.57. The van der Waals surface area contributed by atoms with E-state index in [1.54, 1.807) is 6.92 Å². The molecular weight excluding hydrogens is 308 g/mol. The van der Waals surface area contributed by atoms with E-state index in [1.807, 2.05) is 52.0 Å². The number of benzene rings is 1. The van der Waals surface area contributed by atoms with Crippen molar-refractivity contribution in [3.05, 3.63) is 41.5 Å². The van der Waals surface area contributed by atoms with E-state index in [9.17, 15) is 4.79 Å². The van der Waals surface area contributed by atoms with Crippen molar-refractivity contribution in [3.8, 4) is 5.75 Å². The number of hydrogen-bond donors (Lipinski definition) is 0. The molecule has 1 heterocycles. The molecule has 0 radical (unpaired) electrons. The minimum atomic E-state index is -0.619. The van der Waals surface area contributed by atoms with Gasteiger partial charge in [-0.05, 0) is 25.0 Å². The third-order valence-electron chi connectivity index (χ3n) is 3.47. The summed E-state index contributed by atoms with van der Waals surface area (Å²) in [5.41, 5.74) is 0.823. The first-order valence-corrected chi connectivity index (χ1v) is 8.05. The second kappa shape index (κ2) is 7.47. The molecule has 24 heavy (non-hydrogen) atoms. The van der Waals surface area contributed by atoms with Crippen LogP contribution in [0.3, 0.4) is 0 Å². The van der Waals surface area contributed by atoms with Crippen LogP contribution < -0.4 is 4.74 Å². The van der Waals surface area contributed by atoms with Crippen LogP contribution in [0.4, 0.5) is 0 Å². The SMILES string of the molecule is CCc1ccccc1OCC(=O)OC(C)c1nc(C(C)(C)C)no1. The average molecular weight is 332 g/mol. The molecule has 1 aromatic heterocycles. The lowest BCUT2D eigenvalue weighted by Gasteiger charge is -2.12. The maximum Gasteiger partial charge on any atom is 0.344 e. The van der Waals surface area contributed by atoms with Gasteiger partial charge in [0.15, 0.2) is 18.5 Å². The average Bonchev–Trinajstić information content (AvgIpc) is 3.03. The number of hydrogen-bond acceptors (Lipinski definition) is 6. The summed E-state index contributed by atoms with van der Waals surface area (Å²) in [7, 11) is 0. The van der Waals surface area contributed by atoms with Gasteiger partial charge in [-0.3, -0.25) is 0 Å². The van der Waals surface area contributed by atoms with Crippen molar-refractivity contribution < 1.29 is 18.8 Å². The topological polar surface area (TPSA) is 74.5 Å². The molecule has 1 unspecified atom stereocenters. The minimum Gasteiger partial charge on any atom is -0.482 e. The Hall–Kier alpha value is -2.37. The van der Waals surface area contributed by atoms with Gasteiger partial charge in [0.1, 0.15) is 5.75 Å². The number of para-hydroxylation sites is 1. The van der Waals surface area contributed by atoms with Crippen LogP contribution in [-0.2, 0) is 21.4 Å². The normalized spacial score (nSPS) is 12.7. The summed E-state index contributed by atoms with van der Waals surface area (Å²) < 4.78 is 16.0. The van der Waals surface area contributed by atoms with Crippen LogP contribution >= 0.6 is 0 Å². The molecule has 0 aliphatic heterocycles. The highest BCUT2D eigenvalue weighted by Crippen LogP contribution is 2.22. The van der Waals surface area contributed by atoms with Crippen LogP contribution in [-0.4, -0.2) is 22.7 Å². The summed E-state index contributed by atoms with van der Waals surface area (Å²) >= 11 is 0. The van der Waals surface area contributed by atoms with E-state index in [2.05, 4.69) is 10.1 Å². The Kier molecular flexibility index (Phi) is 5.59. The molecule has 0 aliphatic rings. The molecule has 0 N–H and O–H groups in total. The number of ether oxygens (including phenoxy) is 2. The molecule has 2 rings (SSSR count). The third-order valence-corrected chi connectivity index (χ3v) is 3.47. The summed E-state index contributed by atoms with van der Waals surface area (Å²) in [6.45, 7) is 9.51. The Labute approximate surface area is 142 Å². The molecule has 0 fully saturated rings. The fraction of sp³-hybridized carbons (Fsp3) is 0.500. The fourth-order valence-electron chi connectivity index (χ4n) is 2.06. The van der Waals surface area contributed by atoms with Gasteiger partial charge in [0.25, 0.3) is 5.89 Å². The molecule has 0 aliphatic carbocycles. The molecule has 0 saturated carbocycles. The first-order valence-electron chi connectivity index (χ1n) is 8.05. The minimum absolute atomic E-state index is 0.165. The lowest BCUT2D eigenvalue weighted by atomic mass is 9.96. The van der Waals surface area contributed by atoms with Gasteiger partial charge in [-0.15, -0.1) is 0 Å². The highest BCUT2D eigenvalue weighted by molar-refractivity contribution is 5.71. The molecule has 0 amide bonds. The zero-order valence-electron chi connectivity index (χ0n) is 14.8. The molecule has 1 atom stereocenters. The Balaban J connectivity index is 1.91. The molecule has 130 valence electrons. The summed E-state index contributed by atoms with van der Waals surface area (Å²) in [6, 6.07) is 7.61. The smallest absolute Gasteiger partial charge is 0.344 e. The predicted molar refractivity (Wildman–Crippen MR) is 88.8 cm³/mol. The predicted octanol–water partition coefficient (Wildman–Crippen LogP) is 3.61. The summed E-state index contributed by atoms with van der Waals surface area (Å²) in [5.74, 6) is 1.07. The Morgan fingerprint density at radius 1 is 1.29 bits per heavy atom. The van der Waals surface area contributed by atoms with Crippen molar-refractivity contribution in [2.45, 2.75) is 52.6 Å². The van der Waals surface area contributed by atoms with Crippen LogP contribution in [0.2, 0.25) is 0 Å². The molecule has 0 spiro atoms. The largest absolute Gasteiger partial charge is 0.482 e. The van der Waals surface area contributed by atoms with E-state index in [1.165, 1.54) is 0 Å². The molecule has 0 saturated heterocycles. The van der Waals surface area contributed by atoms with Gasteiger partial charge in [-0.2, -0.15) is 4.98 Å². The first-order chi connectivity index (χ1) is 11.3. The van der Waals surface area contributed by atoms with Gasteiger partial charge in [0.2, 0.25) is 0 Å². The molecular formula is C18H24N2O4. The van der Waals surface area contributed by atoms with Gasteiger partial charge in [0, 0.05) is 5.41 Å². The maximum atomic E-state index is 12.0. The summed E-state index contributed by atoms with van der Waals surface area (Å²) in [6.07, 6.45) is 0.213. The van der Waals surface area contributed by atoms with Crippen molar-refractivity contribution in [1.82, 2.24) is 10.1 Å². The van der Waals surface area contributed by atoms with Crippen molar-refractivity contribution in [3.63, 3.8) is 0 Å². The zero-order chi connectivity index (χ0) is 17.7. The van der Waals surface area contributed by atoms with Gasteiger partial charge >= 0.3 is 5.97 Å². The lowest BCUT2D eigenvalue weighted by Crippen LogP contribution is -2.18. The zero-order valence-corrected chi connectivity index (χ0v) is 14.8. The van der Waals surface area contributed by atoms with Gasteiger partial charge in [-0.25, -0.2) is 4.79 Å². The van der Waals surface area contributed by atoms with Gasteiger partial charge in [-0.1, -0.05) is 51.1 Å². The van der Waals surface area contributed by atoms with Crippen LogP contribution in [0, 0.1) is 0 Å². The second-order valence-corrected chi connectivity index (χ2v) is 6.59. The Morgan fingerprint density at radius 2 is 2.00 bits per heavy atom. The number of rotatable bonds is 6. The van der Waals surface area contributed by atoms with E-state index >= 15 is 0 Å². The fourth-order valence-corrected chi connectivity index (χ4v) is 2.06. The van der Waals surface area contributed by atoms with Gasteiger partial charge in [0.05, 0.1) is 0 Å². The number of carbonyl (C=O) groups is 1. The van der Waals surface area contributed by atoms with E-state index in [4.69, 9.17) is 14.0 Å². The van der Waals surface area contributed by atoms with E-state index < -0.39 is 12.1 Å². The number of carbonyl (C=O) groups excluding carboxylic acids is 1. The number of esters is 1. The summed E-state index contributed by atoms with van der Waals surface area (Å²) in [4.78, 5) is 16.3. The van der Waals surface area contributed by atoms with E-state index in [0.717, 1.165) is 12.0 Å². The van der Waals surface area contributed by atoms with Gasteiger partial charge < -0.3 is 14.0 Å². The molecule has 0 bridgehead atoms. The molecule has 1 aromatic carbocycles. The lowest BCUT2D eigenvalue weighted by molar-refractivity contribution is -0.152. The number of nitrogens with zero attached hydrogens (tertiary/aromatic N) is 2. The van der Waals surface area contributed by atoms with Crippen LogP contribution in [0.5, 0.6) is 5.75 Å². The van der Waals surface area contributed by atoms with Crippen LogP contribution in [0.25, 0.3) is 0 Å². The van der Waals surface area contributed by atoms with Crippen LogP contribution in [0.1, 0.15) is 58.0 Å².